The Morgan fingerprint density at radius 3 is 2.92 bits per heavy atom. The zero-order valence-corrected chi connectivity index (χ0v) is 7.99. The van der Waals surface area contributed by atoms with Gasteiger partial charge in [-0.1, -0.05) is 20.3 Å². The predicted molar refractivity (Wildman–Crippen MR) is 52.2 cm³/mol. The van der Waals surface area contributed by atoms with Crippen molar-refractivity contribution in [1.82, 2.24) is 15.0 Å². The lowest BCUT2D eigenvalue weighted by molar-refractivity contribution is 0.591. The molecule has 13 heavy (non-hydrogen) atoms. The summed E-state index contributed by atoms with van der Waals surface area (Å²) in [4.78, 5) is 11.6. The summed E-state index contributed by atoms with van der Waals surface area (Å²) in [5.74, 6) is 1.41. The van der Waals surface area contributed by atoms with Crippen LogP contribution in [0.1, 0.15) is 20.3 Å². The molecular formula is C8H15N5. The SMILES string of the molecule is CCC(C)CNc1ncnc(N)n1. The van der Waals surface area contributed by atoms with Crippen LogP contribution in [0.5, 0.6) is 0 Å². The molecule has 0 spiro atoms. The first-order chi connectivity index (χ1) is 6.22. The molecule has 0 amide bonds. The predicted octanol–water partition coefficient (Wildman–Crippen LogP) is 0.912. The third-order valence-electron chi connectivity index (χ3n) is 1.90. The Bertz CT molecular complexity index is 262. The second-order valence-corrected chi connectivity index (χ2v) is 3.06. The Morgan fingerprint density at radius 1 is 1.54 bits per heavy atom. The molecule has 1 aromatic rings. The molecule has 0 saturated heterocycles. The van der Waals surface area contributed by atoms with Gasteiger partial charge in [0, 0.05) is 6.54 Å². The Kier molecular flexibility index (Phi) is 3.42. The third kappa shape index (κ3) is 3.23. The first-order valence-electron chi connectivity index (χ1n) is 4.40. The molecule has 72 valence electrons. The first kappa shape index (κ1) is 9.70. The lowest BCUT2D eigenvalue weighted by Crippen LogP contribution is -2.13. The van der Waals surface area contributed by atoms with Gasteiger partial charge in [0.25, 0.3) is 0 Å². The Balaban J connectivity index is 2.45. The van der Waals surface area contributed by atoms with Crippen molar-refractivity contribution in [2.24, 2.45) is 5.92 Å². The van der Waals surface area contributed by atoms with Gasteiger partial charge in [0.15, 0.2) is 0 Å². The van der Waals surface area contributed by atoms with Crippen LogP contribution in [-0.4, -0.2) is 21.5 Å². The average Bonchev–Trinajstić information content (AvgIpc) is 2.14. The van der Waals surface area contributed by atoms with Gasteiger partial charge in [0.05, 0.1) is 0 Å². The van der Waals surface area contributed by atoms with E-state index in [0.29, 0.717) is 11.9 Å². The Hall–Kier alpha value is -1.39. The third-order valence-corrected chi connectivity index (χ3v) is 1.90. The summed E-state index contributed by atoms with van der Waals surface area (Å²) >= 11 is 0. The second kappa shape index (κ2) is 4.59. The van der Waals surface area contributed by atoms with Crippen molar-refractivity contribution in [2.45, 2.75) is 20.3 Å². The summed E-state index contributed by atoms with van der Waals surface area (Å²) in [6, 6.07) is 0. The van der Waals surface area contributed by atoms with Crippen molar-refractivity contribution >= 4 is 11.9 Å². The molecule has 1 unspecified atom stereocenters. The minimum Gasteiger partial charge on any atom is -0.368 e. The minimum absolute atomic E-state index is 0.252. The van der Waals surface area contributed by atoms with E-state index >= 15 is 0 Å². The molecule has 0 aliphatic heterocycles. The minimum atomic E-state index is 0.252. The largest absolute Gasteiger partial charge is 0.368 e. The zero-order valence-electron chi connectivity index (χ0n) is 7.99. The number of anilines is 2. The van der Waals surface area contributed by atoms with E-state index in [0.717, 1.165) is 13.0 Å². The summed E-state index contributed by atoms with van der Waals surface area (Å²) in [6.07, 6.45) is 2.54. The fourth-order valence-electron chi connectivity index (χ4n) is 0.804. The molecule has 5 heteroatoms. The van der Waals surface area contributed by atoms with Crippen LogP contribution in [0.2, 0.25) is 0 Å². The lowest BCUT2D eigenvalue weighted by Gasteiger charge is -2.09. The summed E-state index contributed by atoms with van der Waals surface area (Å²) in [6.45, 7) is 5.17. The number of rotatable bonds is 4. The van der Waals surface area contributed by atoms with Crippen LogP contribution in [0.4, 0.5) is 11.9 Å². The molecule has 5 nitrogen and oxygen atoms in total. The normalized spacial score (nSPS) is 12.5. The summed E-state index contributed by atoms with van der Waals surface area (Å²) in [7, 11) is 0. The molecule has 0 bridgehead atoms. The van der Waals surface area contributed by atoms with E-state index in [2.05, 4.69) is 34.1 Å². The Morgan fingerprint density at radius 2 is 2.31 bits per heavy atom. The molecule has 1 rings (SSSR count). The van der Waals surface area contributed by atoms with Gasteiger partial charge in [-0.2, -0.15) is 4.98 Å². The zero-order chi connectivity index (χ0) is 9.68. The highest BCUT2D eigenvalue weighted by atomic mass is 15.2. The second-order valence-electron chi connectivity index (χ2n) is 3.06. The van der Waals surface area contributed by atoms with Crippen molar-refractivity contribution in [3.05, 3.63) is 6.33 Å². The molecule has 0 aliphatic rings. The van der Waals surface area contributed by atoms with Crippen molar-refractivity contribution in [2.75, 3.05) is 17.6 Å². The van der Waals surface area contributed by atoms with Crippen molar-refractivity contribution in [1.29, 1.82) is 0 Å². The van der Waals surface area contributed by atoms with Gasteiger partial charge < -0.3 is 11.1 Å². The van der Waals surface area contributed by atoms with Crippen LogP contribution in [-0.2, 0) is 0 Å². The number of hydrogen-bond acceptors (Lipinski definition) is 5. The topological polar surface area (TPSA) is 76.7 Å². The smallest absolute Gasteiger partial charge is 0.227 e. The van der Waals surface area contributed by atoms with Crippen LogP contribution >= 0.6 is 0 Å². The summed E-state index contributed by atoms with van der Waals surface area (Å²) in [5.41, 5.74) is 5.40. The molecule has 0 aliphatic carbocycles. The number of nitrogens with zero attached hydrogens (tertiary/aromatic N) is 3. The van der Waals surface area contributed by atoms with Gasteiger partial charge in [-0.3, -0.25) is 0 Å². The number of hydrogen-bond donors (Lipinski definition) is 2. The maximum atomic E-state index is 5.40. The van der Waals surface area contributed by atoms with Crippen LogP contribution in [0.15, 0.2) is 6.33 Å². The molecule has 0 aromatic carbocycles. The van der Waals surface area contributed by atoms with Gasteiger partial charge in [-0.05, 0) is 5.92 Å². The molecule has 1 heterocycles. The van der Waals surface area contributed by atoms with E-state index in [1.807, 2.05) is 0 Å². The van der Waals surface area contributed by atoms with Crippen LogP contribution in [0, 0.1) is 5.92 Å². The average molecular weight is 181 g/mol. The van der Waals surface area contributed by atoms with Crippen molar-refractivity contribution in [3.63, 3.8) is 0 Å². The lowest BCUT2D eigenvalue weighted by atomic mass is 10.1. The first-order valence-corrected chi connectivity index (χ1v) is 4.40. The van der Waals surface area contributed by atoms with Gasteiger partial charge in [-0.15, -0.1) is 0 Å². The van der Waals surface area contributed by atoms with E-state index in [1.165, 1.54) is 6.33 Å². The number of nitrogen functional groups attached to an aromatic ring is 1. The van der Waals surface area contributed by atoms with E-state index < -0.39 is 0 Å². The molecule has 1 aromatic heterocycles. The molecule has 0 fully saturated rings. The number of aromatic nitrogens is 3. The fourth-order valence-corrected chi connectivity index (χ4v) is 0.804. The van der Waals surface area contributed by atoms with Gasteiger partial charge >= 0.3 is 0 Å². The molecule has 0 radical (unpaired) electrons. The van der Waals surface area contributed by atoms with E-state index in [9.17, 15) is 0 Å². The van der Waals surface area contributed by atoms with Gasteiger partial charge in [0.1, 0.15) is 6.33 Å². The van der Waals surface area contributed by atoms with Crippen LogP contribution in [0.25, 0.3) is 0 Å². The summed E-state index contributed by atoms with van der Waals surface area (Å²) < 4.78 is 0. The standard InChI is InChI=1S/C8H15N5/c1-3-6(2)4-10-8-12-5-11-7(9)13-8/h5-6H,3-4H2,1-2H3,(H3,9,10,11,12,13). The van der Waals surface area contributed by atoms with Crippen molar-refractivity contribution < 1.29 is 0 Å². The Labute approximate surface area is 77.8 Å². The molecular weight excluding hydrogens is 166 g/mol. The quantitative estimate of drug-likeness (QED) is 0.722. The molecule has 0 saturated carbocycles. The van der Waals surface area contributed by atoms with E-state index in [-0.39, 0.29) is 5.95 Å². The van der Waals surface area contributed by atoms with Crippen molar-refractivity contribution in [3.8, 4) is 0 Å². The van der Waals surface area contributed by atoms with Crippen LogP contribution in [0.3, 0.4) is 0 Å². The van der Waals surface area contributed by atoms with Gasteiger partial charge in [0.2, 0.25) is 11.9 Å². The van der Waals surface area contributed by atoms with Gasteiger partial charge in [-0.25, -0.2) is 9.97 Å². The number of nitrogens with two attached hydrogens (primary N) is 1. The highest BCUT2D eigenvalue weighted by molar-refractivity contribution is 5.28. The maximum absolute atomic E-state index is 5.40. The highest BCUT2D eigenvalue weighted by Crippen LogP contribution is 2.03. The van der Waals surface area contributed by atoms with Crippen LogP contribution < -0.4 is 11.1 Å². The fraction of sp³-hybridized carbons (Fsp3) is 0.625. The number of nitrogens with one attached hydrogen (secondary N) is 1. The summed E-state index contributed by atoms with van der Waals surface area (Å²) in [5, 5.41) is 3.09. The monoisotopic (exact) mass is 181 g/mol. The van der Waals surface area contributed by atoms with E-state index in [1.54, 1.807) is 0 Å². The molecule has 3 N–H and O–H groups in total. The highest BCUT2D eigenvalue weighted by Gasteiger charge is 2.00. The molecule has 1 atom stereocenters. The van der Waals surface area contributed by atoms with E-state index in [4.69, 9.17) is 5.73 Å². The maximum Gasteiger partial charge on any atom is 0.227 e.